The van der Waals surface area contributed by atoms with Crippen LogP contribution in [0.15, 0.2) is 42.7 Å². The van der Waals surface area contributed by atoms with E-state index in [-0.39, 0.29) is 11.7 Å². The van der Waals surface area contributed by atoms with Gasteiger partial charge < -0.3 is 4.90 Å². The average molecular weight is 357 g/mol. The molecule has 25 heavy (non-hydrogen) atoms. The van der Waals surface area contributed by atoms with Crippen LogP contribution in [0.2, 0.25) is 5.02 Å². The maximum atomic E-state index is 12.6. The van der Waals surface area contributed by atoms with E-state index in [9.17, 15) is 4.79 Å². The molecule has 0 aliphatic carbocycles. The van der Waals surface area contributed by atoms with Gasteiger partial charge in [-0.15, -0.1) is 5.10 Å². The van der Waals surface area contributed by atoms with Crippen LogP contribution >= 0.6 is 11.6 Å². The maximum Gasteiger partial charge on any atom is 0.293 e. The van der Waals surface area contributed by atoms with Crippen LogP contribution in [0.1, 0.15) is 16.2 Å². The lowest BCUT2D eigenvalue weighted by molar-refractivity contribution is 0.0617. The molecule has 8 heteroatoms. The molecular weight excluding hydrogens is 340 g/mol. The van der Waals surface area contributed by atoms with E-state index in [0.29, 0.717) is 18.9 Å². The van der Waals surface area contributed by atoms with Crippen molar-refractivity contribution in [1.82, 2.24) is 29.4 Å². The molecule has 0 bridgehead atoms. The van der Waals surface area contributed by atoms with Crippen LogP contribution in [0.25, 0.3) is 5.78 Å². The van der Waals surface area contributed by atoms with Gasteiger partial charge in [-0.2, -0.15) is 4.98 Å². The van der Waals surface area contributed by atoms with Gasteiger partial charge in [0.1, 0.15) is 0 Å². The number of benzene rings is 1. The summed E-state index contributed by atoms with van der Waals surface area (Å²) in [6, 6.07) is 9.63. The van der Waals surface area contributed by atoms with Crippen LogP contribution in [0.3, 0.4) is 0 Å². The fraction of sp³-hybridized carbons (Fsp3) is 0.294. The Labute approximate surface area is 149 Å². The monoisotopic (exact) mass is 356 g/mol. The molecule has 1 aromatic carbocycles. The molecule has 1 fully saturated rings. The number of fused-ring (bicyclic) bond motifs is 1. The van der Waals surface area contributed by atoms with Gasteiger partial charge >= 0.3 is 0 Å². The van der Waals surface area contributed by atoms with Crippen LogP contribution in [-0.2, 0) is 6.54 Å². The standard InChI is InChI=1S/C17H17ClN6O/c18-14-4-2-13(3-5-14)12-22-8-10-23(11-9-22)16(25)15-20-17-19-6-1-7-24(17)21-15/h1-7H,8-12H2. The highest BCUT2D eigenvalue weighted by Crippen LogP contribution is 2.13. The molecule has 3 heterocycles. The van der Waals surface area contributed by atoms with Crippen LogP contribution in [0.5, 0.6) is 0 Å². The number of piperazine rings is 1. The predicted octanol–water partition coefficient (Wildman–Crippen LogP) is 1.74. The molecule has 0 atom stereocenters. The molecule has 7 nitrogen and oxygen atoms in total. The molecule has 3 aromatic rings. The summed E-state index contributed by atoms with van der Waals surface area (Å²) in [4.78, 5) is 25.0. The Morgan fingerprint density at radius 2 is 1.88 bits per heavy atom. The summed E-state index contributed by atoms with van der Waals surface area (Å²) < 4.78 is 1.52. The van der Waals surface area contributed by atoms with Crippen LogP contribution in [0, 0.1) is 0 Å². The number of amides is 1. The van der Waals surface area contributed by atoms with Gasteiger partial charge in [-0.3, -0.25) is 9.69 Å². The van der Waals surface area contributed by atoms with Crippen LogP contribution in [-0.4, -0.2) is 61.5 Å². The molecule has 1 amide bonds. The quantitative estimate of drug-likeness (QED) is 0.715. The van der Waals surface area contributed by atoms with Crippen molar-refractivity contribution in [2.75, 3.05) is 26.2 Å². The highest BCUT2D eigenvalue weighted by molar-refractivity contribution is 6.30. The topological polar surface area (TPSA) is 66.6 Å². The fourth-order valence-corrected chi connectivity index (χ4v) is 3.05. The highest BCUT2D eigenvalue weighted by atomic mass is 35.5. The SMILES string of the molecule is O=C(c1nc2ncccn2n1)N1CCN(Cc2ccc(Cl)cc2)CC1. The largest absolute Gasteiger partial charge is 0.333 e. The first kappa shape index (κ1) is 16.0. The van der Waals surface area contributed by atoms with E-state index in [0.717, 1.165) is 24.7 Å². The smallest absolute Gasteiger partial charge is 0.293 e. The Morgan fingerprint density at radius 3 is 2.60 bits per heavy atom. The van der Waals surface area contributed by atoms with Crippen molar-refractivity contribution in [2.24, 2.45) is 0 Å². The predicted molar refractivity (Wildman–Crippen MR) is 93.4 cm³/mol. The lowest BCUT2D eigenvalue weighted by atomic mass is 10.2. The number of nitrogens with zero attached hydrogens (tertiary/aromatic N) is 6. The van der Waals surface area contributed by atoms with Gasteiger partial charge in [0.15, 0.2) is 0 Å². The summed E-state index contributed by atoms with van der Waals surface area (Å²) in [7, 11) is 0. The summed E-state index contributed by atoms with van der Waals surface area (Å²) in [6.45, 7) is 3.82. The second kappa shape index (κ2) is 6.78. The number of hydrogen-bond donors (Lipinski definition) is 0. The zero-order chi connectivity index (χ0) is 17.2. The normalized spacial score (nSPS) is 15.6. The van der Waals surface area contributed by atoms with Crippen molar-refractivity contribution in [3.63, 3.8) is 0 Å². The van der Waals surface area contributed by atoms with Crippen molar-refractivity contribution in [3.8, 4) is 0 Å². The molecule has 0 radical (unpaired) electrons. The van der Waals surface area contributed by atoms with Gasteiger partial charge in [-0.05, 0) is 23.8 Å². The van der Waals surface area contributed by atoms with Crippen LogP contribution in [0.4, 0.5) is 0 Å². The first-order valence-electron chi connectivity index (χ1n) is 8.12. The van der Waals surface area contributed by atoms with E-state index in [1.54, 1.807) is 23.4 Å². The van der Waals surface area contributed by atoms with Crippen LogP contribution < -0.4 is 0 Å². The number of carbonyl (C=O) groups excluding carboxylic acids is 1. The van der Waals surface area contributed by atoms with E-state index in [4.69, 9.17) is 11.6 Å². The van der Waals surface area contributed by atoms with Gasteiger partial charge in [0.05, 0.1) is 0 Å². The Balaban J connectivity index is 1.37. The van der Waals surface area contributed by atoms with Crippen molar-refractivity contribution in [1.29, 1.82) is 0 Å². The molecular formula is C17H17ClN6O. The minimum atomic E-state index is -0.142. The molecule has 128 valence electrons. The van der Waals surface area contributed by atoms with E-state index in [1.165, 1.54) is 10.1 Å². The first-order valence-corrected chi connectivity index (χ1v) is 8.50. The van der Waals surface area contributed by atoms with Gasteiger partial charge in [0.25, 0.3) is 11.7 Å². The van der Waals surface area contributed by atoms with Gasteiger partial charge in [-0.1, -0.05) is 23.7 Å². The van der Waals surface area contributed by atoms with E-state index < -0.39 is 0 Å². The number of hydrogen-bond acceptors (Lipinski definition) is 5. The number of carbonyl (C=O) groups is 1. The van der Waals surface area contributed by atoms with Crippen molar-refractivity contribution in [2.45, 2.75) is 6.54 Å². The molecule has 4 rings (SSSR count). The summed E-state index contributed by atoms with van der Waals surface area (Å²) in [5.41, 5.74) is 1.22. The third-order valence-electron chi connectivity index (χ3n) is 4.29. The van der Waals surface area contributed by atoms with E-state index >= 15 is 0 Å². The zero-order valence-corrected chi connectivity index (χ0v) is 14.3. The second-order valence-corrected chi connectivity index (χ2v) is 6.43. The molecule has 2 aromatic heterocycles. The first-order chi connectivity index (χ1) is 12.2. The minimum absolute atomic E-state index is 0.142. The maximum absolute atomic E-state index is 12.6. The summed E-state index contributed by atoms with van der Waals surface area (Å²) in [5.74, 6) is 0.494. The lowest BCUT2D eigenvalue weighted by Crippen LogP contribution is -2.48. The Kier molecular flexibility index (Phi) is 4.33. The minimum Gasteiger partial charge on any atom is -0.333 e. The third-order valence-corrected chi connectivity index (χ3v) is 4.54. The molecule has 0 N–H and O–H groups in total. The summed E-state index contributed by atoms with van der Waals surface area (Å²) in [5, 5.41) is 4.95. The average Bonchev–Trinajstić information content (AvgIpc) is 3.08. The highest BCUT2D eigenvalue weighted by Gasteiger charge is 2.25. The lowest BCUT2D eigenvalue weighted by Gasteiger charge is -2.34. The molecule has 1 aliphatic rings. The molecule has 0 unspecified atom stereocenters. The Morgan fingerprint density at radius 1 is 1.12 bits per heavy atom. The fourth-order valence-electron chi connectivity index (χ4n) is 2.92. The summed E-state index contributed by atoms with van der Waals surface area (Å²) in [6.07, 6.45) is 3.37. The number of rotatable bonds is 3. The Hall–Kier alpha value is -2.51. The third kappa shape index (κ3) is 3.47. The van der Waals surface area contributed by atoms with Gasteiger partial charge in [0, 0.05) is 50.1 Å². The number of aromatic nitrogens is 4. The Bertz CT molecular complexity index is 853. The second-order valence-electron chi connectivity index (χ2n) is 5.99. The van der Waals surface area contributed by atoms with Gasteiger partial charge in [-0.25, -0.2) is 9.50 Å². The molecule has 0 spiro atoms. The number of halogens is 1. The van der Waals surface area contributed by atoms with Gasteiger partial charge in [0.2, 0.25) is 5.82 Å². The molecule has 1 aliphatic heterocycles. The van der Waals surface area contributed by atoms with E-state index in [1.807, 2.05) is 24.3 Å². The van der Waals surface area contributed by atoms with Crippen molar-refractivity contribution >= 4 is 23.3 Å². The molecule has 1 saturated heterocycles. The van der Waals surface area contributed by atoms with E-state index in [2.05, 4.69) is 20.0 Å². The summed E-state index contributed by atoms with van der Waals surface area (Å²) >= 11 is 5.92. The zero-order valence-electron chi connectivity index (χ0n) is 13.5. The van der Waals surface area contributed by atoms with Crippen molar-refractivity contribution < 1.29 is 4.79 Å². The molecule has 0 saturated carbocycles. The van der Waals surface area contributed by atoms with Crippen molar-refractivity contribution in [3.05, 3.63) is 59.1 Å².